The van der Waals surface area contributed by atoms with E-state index in [2.05, 4.69) is 102 Å². The van der Waals surface area contributed by atoms with Crippen LogP contribution in [-0.2, 0) is 0 Å². The second-order valence-electron chi connectivity index (χ2n) is 7.67. The summed E-state index contributed by atoms with van der Waals surface area (Å²) in [6, 6.07) is 38.5. The zero-order valence-electron chi connectivity index (χ0n) is 16.4. The lowest BCUT2D eigenvalue weighted by Crippen LogP contribution is -1.97. The average molecular weight is 384 g/mol. The molecule has 0 aliphatic carbocycles. The van der Waals surface area contributed by atoms with Gasteiger partial charge in [-0.3, -0.25) is 0 Å². The van der Waals surface area contributed by atoms with E-state index in [1.807, 2.05) is 12.1 Å². The highest BCUT2D eigenvalue weighted by Gasteiger charge is 2.17. The molecule has 2 N–H and O–H groups in total. The first-order valence-corrected chi connectivity index (χ1v) is 10.2. The number of hydrogen-bond donors (Lipinski definition) is 1. The lowest BCUT2D eigenvalue weighted by atomic mass is 10.0. The van der Waals surface area contributed by atoms with Crippen molar-refractivity contribution in [2.24, 2.45) is 0 Å². The number of fused-ring (bicyclic) bond motifs is 5. The topological polar surface area (TPSA) is 30.9 Å². The van der Waals surface area contributed by atoms with Gasteiger partial charge in [0.15, 0.2) is 0 Å². The van der Waals surface area contributed by atoms with Crippen molar-refractivity contribution in [2.75, 3.05) is 5.73 Å². The smallest absolute Gasteiger partial charge is 0.0619 e. The highest BCUT2D eigenvalue weighted by molar-refractivity contribution is 6.18. The number of hydrogen-bond acceptors (Lipinski definition) is 1. The Balaban J connectivity index is 1.80. The van der Waals surface area contributed by atoms with Crippen molar-refractivity contribution in [3.63, 3.8) is 0 Å². The van der Waals surface area contributed by atoms with Crippen molar-refractivity contribution < 1.29 is 0 Å². The molecule has 0 fully saturated rings. The first-order chi connectivity index (χ1) is 14.8. The molecule has 1 heterocycles. The molecule has 2 heteroatoms. The van der Waals surface area contributed by atoms with Crippen molar-refractivity contribution in [1.82, 2.24) is 4.57 Å². The fourth-order valence-electron chi connectivity index (χ4n) is 4.56. The van der Waals surface area contributed by atoms with Crippen molar-refractivity contribution >= 4 is 38.3 Å². The molecule has 0 spiro atoms. The van der Waals surface area contributed by atoms with Crippen LogP contribution in [0, 0.1) is 0 Å². The maximum Gasteiger partial charge on any atom is 0.0619 e. The average Bonchev–Trinajstić information content (AvgIpc) is 3.14. The Labute approximate surface area is 174 Å². The minimum absolute atomic E-state index is 0.777. The van der Waals surface area contributed by atoms with Gasteiger partial charge in [-0.2, -0.15) is 0 Å². The molecule has 0 aliphatic heterocycles. The molecule has 0 atom stereocenters. The van der Waals surface area contributed by atoms with Crippen LogP contribution in [0.1, 0.15) is 0 Å². The van der Waals surface area contributed by atoms with Crippen LogP contribution in [0.3, 0.4) is 0 Å². The molecule has 0 saturated heterocycles. The van der Waals surface area contributed by atoms with Gasteiger partial charge in [-0.1, -0.05) is 84.9 Å². The second-order valence-corrected chi connectivity index (χ2v) is 7.67. The summed E-state index contributed by atoms with van der Waals surface area (Å²) in [5, 5.41) is 5.05. The molecule has 2 nitrogen and oxygen atoms in total. The van der Waals surface area contributed by atoms with Crippen LogP contribution in [0.15, 0.2) is 109 Å². The molecule has 0 radical (unpaired) electrons. The van der Waals surface area contributed by atoms with E-state index >= 15 is 0 Å². The van der Waals surface area contributed by atoms with Gasteiger partial charge in [0.25, 0.3) is 0 Å². The van der Waals surface area contributed by atoms with E-state index in [0.717, 1.165) is 11.3 Å². The molecular formula is C28H20N2. The van der Waals surface area contributed by atoms with Gasteiger partial charge in [-0.15, -0.1) is 0 Å². The Morgan fingerprint density at radius 2 is 1.23 bits per heavy atom. The van der Waals surface area contributed by atoms with E-state index in [9.17, 15) is 0 Å². The Morgan fingerprint density at radius 3 is 2.10 bits per heavy atom. The fraction of sp³-hybridized carbons (Fsp3) is 0. The molecule has 1 aromatic heterocycles. The lowest BCUT2D eigenvalue weighted by molar-refractivity contribution is 1.19. The van der Waals surface area contributed by atoms with E-state index in [0.29, 0.717) is 0 Å². The van der Waals surface area contributed by atoms with Crippen LogP contribution in [0.5, 0.6) is 0 Å². The van der Waals surface area contributed by atoms with Crippen molar-refractivity contribution in [3.8, 4) is 16.8 Å². The van der Waals surface area contributed by atoms with Gasteiger partial charge in [0, 0.05) is 27.4 Å². The number of nitrogen functional groups attached to an aromatic ring is 1. The summed E-state index contributed by atoms with van der Waals surface area (Å²) in [6.45, 7) is 0. The summed E-state index contributed by atoms with van der Waals surface area (Å²) in [5.74, 6) is 0. The zero-order valence-corrected chi connectivity index (χ0v) is 16.4. The number of nitrogens with two attached hydrogens (primary N) is 1. The zero-order chi connectivity index (χ0) is 20.1. The molecule has 6 aromatic rings. The highest BCUT2D eigenvalue weighted by atomic mass is 15.0. The van der Waals surface area contributed by atoms with Crippen LogP contribution in [0.25, 0.3) is 49.4 Å². The molecule has 6 rings (SSSR count). The fourth-order valence-corrected chi connectivity index (χ4v) is 4.56. The van der Waals surface area contributed by atoms with Crippen LogP contribution in [0.2, 0.25) is 0 Å². The van der Waals surface area contributed by atoms with Gasteiger partial charge < -0.3 is 10.3 Å². The van der Waals surface area contributed by atoms with Crippen molar-refractivity contribution in [1.29, 1.82) is 0 Å². The monoisotopic (exact) mass is 384 g/mol. The van der Waals surface area contributed by atoms with E-state index in [4.69, 9.17) is 5.73 Å². The van der Waals surface area contributed by atoms with E-state index in [-0.39, 0.29) is 0 Å². The summed E-state index contributed by atoms with van der Waals surface area (Å²) in [4.78, 5) is 0. The summed E-state index contributed by atoms with van der Waals surface area (Å²) >= 11 is 0. The van der Waals surface area contributed by atoms with Crippen molar-refractivity contribution in [3.05, 3.63) is 109 Å². The third kappa shape index (κ3) is 2.44. The third-order valence-corrected chi connectivity index (χ3v) is 5.93. The number of rotatable bonds is 2. The second kappa shape index (κ2) is 6.50. The number of nitrogens with zero attached hydrogens (tertiary/aromatic N) is 1. The third-order valence-electron chi connectivity index (χ3n) is 5.93. The Bertz CT molecular complexity index is 1540. The summed E-state index contributed by atoms with van der Waals surface area (Å²) in [6.07, 6.45) is 0. The first-order valence-electron chi connectivity index (χ1n) is 10.2. The van der Waals surface area contributed by atoms with E-state index < -0.39 is 0 Å². The maximum atomic E-state index is 5.94. The molecular weight excluding hydrogens is 364 g/mol. The Hall–Kier alpha value is -4.04. The Morgan fingerprint density at radius 1 is 0.533 bits per heavy atom. The number of aromatic nitrogens is 1. The molecule has 0 aliphatic rings. The number of anilines is 1. The molecule has 5 aromatic carbocycles. The summed E-state index contributed by atoms with van der Waals surface area (Å²) in [5.41, 5.74) is 12.7. The molecule has 0 bridgehead atoms. The molecule has 30 heavy (non-hydrogen) atoms. The van der Waals surface area contributed by atoms with Crippen LogP contribution in [0.4, 0.5) is 5.69 Å². The van der Waals surface area contributed by atoms with Crippen LogP contribution >= 0.6 is 0 Å². The summed E-state index contributed by atoms with van der Waals surface area (Å²) < 4.78 is 2.42. The van der Waals surface area contributed by atoms with Gasteiger partial charge in [-0.25, -0.2) is 0 Å². The van der Waals surface area contributed by atoms with E-state index in [1.54, 1.807) is 0 Å². The van der Waals surface area contributed by atoms with Gasteiger partial charge >= 0.3 is 0 Å². The normalized spacial score (nSPS) is 11.5. The minimum atomic E-state index is 0.777. The summed E-state index contributed by atoms with van der Waals surface area (Å²) in [7, 11) is 0. The lowest BCUT2D eigenvalue weighted by Gasteiger charge is -2.15. The molecule has 0 amide bonds. The predicted octanol–water partition coefficient (Wildman–Crippen LogP) is 7.19. The van der Waals surface area contributed by atoms with Gasteiger partial charge in [0.05, 0.1) is 16.7 Å². The molecule has 142 valence electrons. The largest absolute Gasteiger partial charge is 0.399 e. The first kappa shape index (κ1) is 16.9. The Kier molecular flexibility index (Phi) is 3.65. The maximum absolute atomic E-state index is 5.94. The number of benzene rings is 5. The number of para-hydroxylation sites is 2. The van der Waals surface area contributed by atoms with Crippen molar-refractivity contribution in [2.45, 2.75) is 0 Å². The van der Waals surface area contributed by atoms with Crippen LogP contribution in [-0.4, -0.2) is 4.57 Å². The van der Waals surface area contributed by atoms with Gasteiger partial charge in [0.1, 0.15) is 0 Å². The van der Waals surface area contributed by atoms with Gasteiger partial charge in [0.2, 0.25) is 0 Å². The molecule has 0 saturated carbocycles. The van der Waals surface area contributed by atoms with Crippen LogP contribution < -0.4 is 5.73 Å². The predicted molar refractivity (Wildman–Crippen MR) is 128 cm³/mol. The van der Waals surface area contributed by atoms with Gasteiger partial charge in [-0.05, 0) is 35.2 Å². The molecule has 0 unspecified atom stereocenters. The quantitative estimate of drug-likeness (QED) is 0.315. The van der Waals surface area contributed by atoms with E-state index in [1.165, 1.54) is 43.8 Å². The SMILES string of the molecule is Nc1ccc(-c2ccccc2-n2c3ccccc3c3ccc4ccccc4c32)cc1. The standard InChI is InChI=1S/C28H20N2/c29-21-16-13-20(14-17-21)22-8-3-5-11-26(22)30-27-12-6-4-10-24(27)25-18-15-19-7-1-2-9-23(19)28(25)30/h1-18H,29H2. The minimum Gasteiger partial charge on any atom is -0.399 e. The highest BCUT2D eigenvalue weighted by Crippen LogP contribution is 2.39.